The first-order chi connectivity index (χ1) is 10.2. The number of thiazole rings is 1. The first-order valence-electron chi connectivity index (χ1n) is 7.54. The van der Waals surface area contributed by atoms with Crippen molar-refractivity contribution in [1.29, 1.82) is 0 Å². The van der Waals surface area contributed by atoms with Crippen LogP contribution >= 0.6 is 11.3 Å². The van der Waals surface area contributed by atoms with Gasteiger partial charge in [-0.25, -0.2) is 4.98 Å². The molecule has 1 aliphatic rings. The van der Waals surface area contributed by atoms with Crippen molar-refractivity contribution in [3.63, 3.8) is 0 Å². The second kappa shape index (κ2) is 5.98. The molecule has 0 radical (unpaired) electrons. The summed E-state index contributed by atoms with van der Waals surface area (Å²) in [5, 5.41) is 5.60. The molecule has 1 aromatic heterocycles. The second-order valence-corrected chi connectivity index (χ2v) is 6.59. The Morgan fingerprint density at radius 3 is 2.71 bits per heavy atom. The Morgan fingerprint density at radius 2 is 2.10 bits per heavy atom. The highest BCUT2D eigenvalue weighted by atomic mass is 32.1. The van der Waals surface area contributed by atoms with Crippen molar-refractivity contribution in [1.82, 2.24) is 4.98 Å². The number of amides is 1. The van der Waals surface area contributed by atoms with Gasteiger partial charge in [0, 0.05) is 16.9 Å². The van der Waals surface area contributed by atoms with Crippen molar-refractivity contribution < 1.29 is 4.79 Å². The van der Waals surface area contributed by atoms with Gasteiger partial charge in [-0.15, -0.1) is 11.3 Å². The highest BCUT2D eigenvalue weighted by Crippen LogP contribution is 2.32. The van der Waals surface area contributed by atoms with Gasteiger partial charge in [-0.2, -0.15) is 0 Å². The second-order valence-electron chi connectivity index (χ2n) is 5.73. The van der Waals surface area contributed by atoms with E-state index in [9.17, 15) is 4.79 Å². The summed E-state index contributed by atoms with van der Waals surface area (Å²) in [6.07, 6.45) is 3.18. The molecule has 1 amide bonds. The average Bonchev–Trinajstić information content (AvgIpc) is 3.27. The fourth-order valence-electron chi connectivity index (χ4n) is 2.23. The number of carbonyl (C=O) groups is 1. The van der Waals surface area contributed by atoms with Gasteiger partial charge >= 0.3 is 0 Å². The number of carbonyl (C=O) groups excluding carboxylic acids is 1. The van der Waals surface area contributed by atoms with Gasteiger partial charge in [-0.3, -0.25) is 4.79 Å². The van der Waals surface area contributed by atoms with Crippen molar-refractivity contribution in [2.24, 2.45) is 5.92 Å². The number of nitrogens with one attached hydrogen (secondary N) is 1. The van der Waals surface area contributed by atoms with Crippen molar-refractivity contribution >= 4 is 22.4 Å². The van der Waals surface area contributed by atoms with Gasteiger partial charge in [-0.05, 0) is 30.7 Å². The van der Waals surface area contributed by atoms with Crippen LogP contribution in [-0.2, 0) is 4.79 Å². The Bertz CT molecular complexity index is 628. The highest BCUT2D eigenvalue weighted by Gasteiger charge is 2.30. The lowest BCUT2D eigenvalue weighted by atomic mass is 9.97. The standard InChI is InChI=1S/C17H20N2OS/c1-3-11(2)12-4-6-13(7-5-12)15-10-21-17(18-15)19-16(20)14-8-9-14/h4-7,10-11,14H,3,8-9H2,1-2H3,(H,18,19,20). The summed E-state index contributed by atoms with van der Waals surface area (Å²) in [7, 11) is 0. The zero-order valence-electron chi connectivity index (χ0n) is 12.4. The van der Waals surface area contributed by atoms with Crippen LogP contribution in [0.4, 0.5) is 5.13 Å². The topological polar surface area (TPSA) is 42.0 Å². The van der Waals surface area contributed by atoms with E-state index in [1.165, 1.54) is 16.9 Å². The molecule has 110 valence electrons. The lowest BCUT2D eigenvalue weighted by Crippen LogP contribution is -2.12. The summed E-state index contributed by atoms with van der Waals surface area (Å²) < 4.78 is 0. The van der Waals surface area contributed by atoms with Crippen molar-refractivity contribution in [3.05, 3.63) is 35.2 Å². The first kappa shape index (κ1) is 14.3. The fraction of sp³-hybridized carbons (Fsp3) is 0.412. The molecular weight excluding hydrogens is 280 g/mol. The zero-order chi connectivity index (χ0) is 14.8. The highest BCUT2D eigenvalue weighted by molar-refractivity contribution is 7.14. The zero-order valence-corrected chi connectivity index (χ0v) is 13.2. The van der Waals surface area contributed by atoms with E-state index >= 15 is 0 Å². The summed E-state index contributed by atoms with van der Waals surface area (Å²) in [6, 6.07) is 8.57. The molecule has 0 saturated heterocycles. The van der Waals surface area contributed by atoms with Gasteiger partial charge in [0.1, 0.15) is 0 Å². The van der Waals surface area contributed by atoms with Crippen LogP contribution in [0, 0.1) is 5.92 Å². The molecule has 1 N–H and O–H groups in total. The molecule has 0 bridgehead atoms. The van der Waals surface area contributed by atoms with E-state index < -0.39 is 0 Å². The Balaban J connectivity index is 1.71. The predicted octanol–water partition coefficient (Wildman–Crippen LogP) is 4.67. The largest absolute Gasteiger partial charge is 0.302 e. The van der Waals surface area contributed by atoms with Crippen LogP contribution in [0.15, 0.2) is 29.6 Å². The number of benzene rings is 1. The molecule has 1 saturated carbocycles. The van der Waals surface area contributed by atoms with E-state index in [2.05, 4.69) is 48.4 Å². The van der Waals surface area contributed by atoms with Crippen LogP contribution in [-0.4, -0.2) is 10.9 Å². The molecule has 1 aromatic carbocycles. The van der Waals surface area contributed by atoms with Crippen LogP contribution in [0.3, 0.4) is 0 Å². The lowest BCUT2D eigenvalue weighted by Gasteiger charge is -2.08. The number of nitrogens with zero attached hydrogens (tertiary/aromatic N) is 1. The monoisotopic (exact) mass is 300 g/mol. The van der Waals surface area contributed by atoms with E-state index in [0.717, 1.165) is 30.5 Å². The normalized spacial score (nSPS) is 15.7. The van der Waals surface area contributed by atoms with Crippen LogP contribution < -0.4 is 5.32 Å². The third kappa shape index (κ3) is 3.32. The van der Waals surface area contributed by atoms with Crippen LogP contribution in [0.2, 0.25) is 0 Å². The molecule has 1 atom stereocenters. The number of rotatable bonds is 5. The third-order valence-corrected chi connectivity index (χ3v) is 4.83. The minimum atomic E-state index is 0.114. The molecule has 3 nitrogen and oxygen atoms in total. The van der Waals surface area contributed by atoms with E-state index in [-0.39, 0.29) is 11.8 Å². The number of hydrogen-bond donors (Lipinski definition) is 1. The molecule has 1 aliphatic carbocycles. The van der Waals surface area contributed by atoms with Gasteiger partial charge in [0.15, 0.2) is 5.13 Å². The maximum atomic E-state index is 11.7. The number of aromatic nitrogens is 1. The lowest BCUT2D eigenvalue weighted by molar-refractivity contribution is -0.117. The summed E-state index contributed by atoms with van der Waals surface area (Å²) in [5.74, 6) is 0.915. The molecule has 21 heavy (non-hydrogen) atoms. The number of hydrogen-bond acceptors (Lipinski definition) is 3. The fourth-order valence-corrected chi connectivity index (χ4v) is 2.96. The molecule has 0 spiro atoms. The molecule has 1 fully saturated rings. The van der Waals surface area contributed by atoms with E-state index in [1.54, 1.807) is 0 Å². The van der Waals surface area contributed by atoms with E-state index in [0.29, 0.717) is 11.0 Å². The maximum Gasteiger partial charge on any atom is 0.229 e. The molecule has 2 aromatic rings. The van der Waals surface area contributed by atoms with Gasteiger partial charge < -0.3 is 5.32 Å². The van der Waals surface area contributed by atoms with Gasteiger partial charge in [0.2, 0.25) is 5.91 Å². The Kier molecular flexibility index (Phi) is 4.06. The smallest absolute Gasteiger partial charge is 0.229 e. The SMILES string of the molecule is CCC(C)c1ccc(-c2csc(NC(=O)C3CC3)n2)cc1. The quantitative estimate of drug-likeness (QED) is 0.871. The van der Waals surface area contributed by atoms with E-state index in [4.69, 9.17) is 0 Å². The first-order valence-corrected chi connectivity index (χ1v) is 8.42. The van der Waals surface area contributed by atoms with Crippen LogP contribution in [0.25, 0.3) is 11.3 Å². The Labute approximate surface area is 129 Å². The molecule has 4 heteroatoms. The van der Waals surface area contributed by atoms with E-state index in [1.807, 2.05) is 5.38 Å². The minimum Gasteiger partial charge on any atom is -0.302 e. The van der Waals surface area contributed by atoms with Crippen LogP contribution in [0.1, 0.15) is 44.6 Å². The van der Waals surface area contributed by atoms with Gasteiger partial charge in [0.25, 0.3) is 0 Å². The molecular formula is C17H20N2OS. The summed E-state index contributed by atoms with van der Waals surface area (Å²) >= 11 is 1.49. The van der Waals surface area contributed by atoms with Crippen LogP contribution in [0.5, 0.6) is 0 Å². The molecule has 1 heterocycles. The summed E-state index contributed by atoms with van der Waals surface area (Å²) in [5.41, 5.74) is 3.39. The average molecular weight is 300 g/mol. The molecule has 1 unspecified atom stereocenters. The summed E-state index contributed by atoms with van der Waals surface area (Å²) in [6.45, 7) is 4.44. The van der Waals surface area contributed by atoms with Crippen molar-refractivity contribution in [2.75, 3.05) is 5.32 Å². The molecule has 0 aliphatic heterocycles. The Hall–Kier alpha value is -1.68. The molecule has 3 rings (SSSR count). The maximum absolute atomic E-state index is 11.7. The van der Waals surface area contributed by atoms with Gasteiger partial charge in [0.05, 0.1) is 5.69 Å². The van der Waals surface area contributed by atoms with Crippen molar-refractivity contribution in [2.45, 2.75) is 39.0 Å². The summed E-state index contributed by atoms with van der Waals surface area (Å²) in [4.78, 5) is 16.2. The van der Waals surface area contributed by atoms with Crippen molar-refractivity contribution in [3.8, 4) is 11.3 Å². The third-order valence-electron chi connectivity index (χ3n) is 4.07. The predicted molar refractivity (Wildman–Crippen MR) is 87.6 cm³/mol. The van der Waals surface area contributed by atoms with Gasteiger partial charge in [-0.1, -0.05) is 38.1 Å². The number of anilines is 1. The Morgan fingerprint density at radius 1 is 1.38 bits per heavy atom. The minimum absolute atomic E-state index is 0.114.